The molecule has 2 rings (SSSR count). The van der Waals surface area contributed by atoms with E-state index in [-0.39, 0.29) is 6.04 Å². The van der Waals surface area contributed by atoms with Gasteiger partial charge in [-0.1, -0.05) is 23.7 Å². The van der Waals surface area contributed by atoms with E-state index in [0.29, 0.717) is 0 Å². The van der Waals surface area contributed by atoms with E-state index in [1.165, 1.54) is 0 Å². The Morgan fingerprint density at radius 3 is 2.73 bits per heavy atom. The molecule has 2 N–H and O–H groups in total. The Hall–Kier alpha value is -1.25. The molecule has 1 atom stereocenters. The minimum atomic E-state index is -0.226. The number of halogens is 1. The number of aryl methyl sites for hydroxylation is 1. The van der Waals surface area contributed by atoms with E-state index in [9.17, 15) is 0 Å². The average molecular weight is 222 g/mol. The predicted molar refractivity (Wildman–Crippen MR) is 60.9 cm³/mol. The van der Waals surface area contributed by atoms with E-state index in [2.05, 4.69) is 0 Å². The molecule has 0 aliphatic carbocycles. The fraction of sp³-hybridized carbons (Fsp3) is 0.167. The normalized spacial score (nSPS) is 12.7. The zero-order valence-corrected chi connectivity index (χ0v) is 9.16. The Balaban J connectivity index is 2.34. The molecule has 0 saturated carbocycles. The van der Waals surface area contributed by atoms with Gasteiger partial charge in [0, 0.05) is 5.02 Å². The summed E-state index contributed by atoms with van der Waals surface area (Å²) in [6.07, 6.45) is 1.62. The highest BCUT2D eigenvalue weighted by molar-refractivity contribution is 6.31. The van der Waals surface area contributed by atoms with Crippen LogP contribution in [0.2, 0.25) is 5.02 Å². The fourth-order valence-corrected chi connectivity index (χ4v) is 1.61. The summed E-state index contributed by atoms with van der Waals surface area (Å²) in [6, 6.07) is 9.23. The molecule has 15 heavy (non-hydrogen) atoms. The first-order valence-corrected chi connectivity index (χ1v) is 5.11. The van der Waals surface area contributed by atoms with Gasteiger partial charge in [0.2, 0.25) is 0 Å². The van der Waals surface area contributed by atoms with Crippen LogP contribution in [-0.4, -0.2) is 0 Å². The van der Waals surface area contributed by atoms with E-state index in [0.717, 1.165) is 21.9 Å². The lowest BCUT2D eigenvalue weighted by molar-refractivity contribution is 0.490. The SMILES string of the molecule is Cc1cc(C(N)c2ccco2)ccc1Cl. The van der Waals surface area contributed by atoms with Crippen LogP contribution >= 0.6 is 11.6 Å². The first-order valence-electron chi connectivity index (χ1n) is 4.73. The first-order chi connectivity index (χ1) is 7.18. The zero-order valence-electron chi connectivity index (χ0n) is 8.41. The number of hydrogen-bond acceptors (Lipinski definition) is 2. The summed E-state index contributed by atoms with van der Waals surface area (Å²) in [6.45, 7) is 1.96. The maximum atomic E-state index is 6.04. The lowest BCUT2D eigenvalue weighted by Crippen LogP contribution is -2.10. The monoisotopic (exact) mass is 221 g/mol. The molecule has 1 unspecified atom stereocenters. The summed E-state index contributed by atoms with van der Waals surface area (Å²) in [5.41, 5.74) is 8.07. The Kier molecular flexibility index (Phi) is 2.80. The van der Waals surface area contributed by atoms with Gasteiger partial charge in [0.15, 0.2) is 0 Å². The number of nitrogens with two attached hydrogens (primary N) is 1. The molecular formula is C12H12ClNO. The van der Waals surface area contributed by atoms with E-state index in [4.69, 9.17) is 21.8 Å². The molecule has 0 spiro atoms. The highest BCUT2D eigenvalue weighted by atomic mass is 35.5. The summed E-state index contributed by atoms with van der Waals surface area (Å²) in [7, 11) is 0. The van der Waals surface area contributed by atoms with Crippen LogP contribution in [0, 0.1) is 6.92 Å². The Bertz CT molecular complexity index is 451. The lowest BCUT2D eigenvalue weighted by atomic mass is 10.0. The minimum absolute atomic E-state index is 0.226. The maximum absolute atomic E-state index is 6.04. The molecule has 2 nitrogen and oxygen atoms in total. The number of furan rings is 1. The maximum Gasteiger partial charge on any atom is 0.124 e. The van der Waals surface area contributed by atoms with Crippen molar-refractivity contribution in [3.05, 3.63) is 58.5 Å². The topological polar surface area (TPSA) is 39.2 Å². The second-order valence-electron chi connectivity index (χ2n) is 3.50. The third-order valence-corrected chi connectivity index (χ3v) is 2.81. The summed E-state index contributed by atoms with van der Waals surface area (Å²) < 4.78 is 5.26. The van der Waals surface area contributed by atoms with Crippen molar-refractivity contribution in [2.45, 2.75) is 13.0 Å². The molecular weight excluding hydrogens is 210 g/mol. The largest absolute Gasteiger partial charge is 0.467 e. The van der Waals surface area contributed by atoms with Gasteiger partial charge in [0.05, 0.1) is 12.3 Å². The van der Waals surface area contributed by atoms with E-state index >= 15 is 0 Å². The second-order valence-corrected chi connectivity index (χ2v) is 3.91. The van der Waals surface area contributed by atoms with Crippen LogP contribution in [0.3, 0.4) is 0 Å². The molecule has 0 fully saturated rings. The summed E-state index contributed by atoms with van der Waals surface area (Å²) in [5, 5.41) is 0.755. The van der Waals surface area contributed by atoms with Crippen LogP contribution < -0.4 is 5.73 Å². The van der Waals surface area contributed by atoms with Gasteiger partial charge in [-0.25, -0.2) is 0 Å². The molecule has 0 aliphatic rings. The molecule has 0 aliphatic heterocycles. The van der Waals surface area contributed by atoms with Gasteiger partial charge in [0.25, 0.3) is 0 Å². The van der Waals surface area contributed by atoms with Gasteiger partial charge in [-0.2, -0.15) is 0 Å². The van der Waals surface area contributed by atoms with Gasteiger partial charge >= 0.3 is 0 Å². The first kappa shape index (κ1) is 10.3. The Labute approximate surface area is 93.7 Å². The van der Waals surface area contributed by atoms with Crippen molar-refractivity contribution >= 4 is 11.6 Å². The molecule has 0 saturated heterocycles. The molecule has 3 heteroatoms. The van der Waals surface area contributed by atoms with Crippen molar-refractivity contribution < 1.29 is 4.42 Å². The molecule has 2 aromatic rings. The Morgan fingerprint density at radius 2 is 2.13 bits per heavy atom. The third-order valence-electron chi connectivity index (χ3n) is 2.39. The smallest absolute Gasteiger partial charge is 0.124 e. The highest BCUT2D eigenvalue weighted by Gasteiger charge is 2.11. The molecule has 0 bridgehead atoms. The van der Waals surface area contributed by atoms with Crippen LogP contribution in [0.15, 0.2) is 41.0 Å². The van der Waals surface area contributed by atoms with Gasteiger partial charge in [-0.3, -0.25) is 0 Å². The zero-order chi connectivity index (χ0) is 10.8. The van der Waals surface area contributed by atoms with Gasteiger partial charge in [-0.05, 0) is 36.2 Å². The lowest BCUT2D eigenvalue weighted by Gasteiger charge is -2.10. The standard InChI is InChI=1S/C12H12ClNO/c1-8-7-9(4-5-10(8)13)12(14)11-3-2-6-15-11/h2-7,12H,14H2,1H3. The molecule has 1 aromatic carbocycles. The number of benzene rings is 1. The van der Waals surface area contributed by atoms with Crippen molar-refractivity contribution in [2.24, 2.45) is 5.73 Å². The van der Waals surface area contributed by atoms with E-state index < -0.39 is 0 Å². The summed E-state index contributed by atoms with van der Waals surface area (Å²) in [4.78, 5) is 0. The van der Waals surface area contributed by atoms with Crippen LogP contribution in [0.5, 0.6) is 0 Å². The highest BCUT2D eigenvalue weighted by Crippen LogP contribution is 2.24. The molecule has 78 valence electrons. The van der Waals surface area contributed by atoms with Crippen LogP contribution in [0.25, 0.3) is 0 Å². The Morgan fingerprint density at radius 1 is 1.33 bits per heavy atom. The number of rotatable bonds is 2. The second kappa shape index (κ2) is 4.09. The van der Waals surface area contributed by atoms with Crippen LogP contribution in [-0.2, 0) is 0 Å². The van der Waals surface area contributed by atoms with Gasteiger partial charge < -0.3 is 10.2 Å². The van der Waals surface area contributed by atoms with Crippen molar-refractivity contribution in [3.63, 3.8) is 0 Å². The predicted octanol–water partition coefficient (Wildman–Crippen LogP) is 3.29. The third kappa shape index (κ3) is 2.06. The van der Waals surface area contributed by atoms with Crippen molar-refractivity contribution in [3.8, 4) is 0 Å². The van der Waals surface area contributed by atoms with Crippen LogP contribution in [0.4, 0.5) is 0 Å². The van der Waals surface area contributed by atoms with Crippen molar-refractivity contribution in [1.29, 1.82) is 0 Å². The van der Waals surface area contributed by atoms with Gasteiger partial charge in [-0.15, -0.1) is 0 Å². The molecule has 1 aromatic heterocycles. The molecule has 0 amide bonds. The van der Waals surface area contributed by atoms with E-state index in [1.807, 2.05) is 37.3 Å². The minimum Gasteiger partial charge on any atom is -0.467 e. The number of hydrogen-bond donors (Lipinski definition) is 1. The quantitative estimate of drug-likeness (QED) is 0.845. The van der Waals surface area contributed by atoms with Crippen LogP contribution in [0.1, 0.15) is 22.9 Å². The summed E-state index contributed by atoms with van der Waals surface area (Å²) >= 11 is 5.95. The van der Waals surface area contributed by atoms with Crippen molar-refractivity contribution in [2.75, 3.05) is 0 Å². The molecule has 1 heterocycles. The average Bonchev–Trinajstić information content (AvgIpc) is 2.74. The molecule has 0 radical (unpaired) electrons. The van der Waals surface area contributed by atoms with Crippen molar-refractivity contribution in [1.82, 2.24) is 0 Å². The fourth-order valence-electron chi connectivity index (χ4n) is 1.49. The van der Waals surface area contributed by atoms with E-state index in [1.54, 1.807) is 6.26 Å². The summed E-state index contributed by atoms with van der Waals surface area (Å²) in [5.74, 6) is 0.761. The van der Waals surface area contributed by atoms with Gasteiger partial charge in [0.1, 0.15) is 5.76 Å².